The predicted octanol–water partition coefficient (Wildman–Crippen LogP) is 4.39. The van der Waals surface area contributed by atoms with E-state index in [1.54, 1.807) is 12.1 Å². The Morgan fingerprint density at radius 1 is 1.18 bits per heavy atom. The Labute approximate surface area is 132 Å². The van der Waals surface area contributed by atoms with Crippen LogP contribution in [0.4, 0.5) is 10.1 Å². The highest BCUT2D eigenvalue weighted by Gasteiger charge is 2.37. The van der Waals surface area contributed by atoms with Crippen LogP contribution in [0.1, 0.15) is 49.7 Å². The lowest BCUT2D eigenvalue weighted by atomic mass is 9.97. The highest BCUT2D eigenvalue weighted by molar-refractivity contribution is 5.75. The smallest absolute Gasteiger partial charge is 0.148 e. The fourth-order valence-electron chi connectivity index (χ4n) is 4.25. The molecule has 0 amide bonds. The van der Waals surface area contributed by atoms with Crippen molar-refractivity contribution in [2.75, 3.05) is 19.7 Å². The van der Waals surface area contributed by atoms with E-state index in [1.165, 1.54) is 38.5 Å². The van der Waals surface area contributed by atoms with Crippen LogP contribution in [0.25, 0.3) is 6.08 Å². The first kappa shape index (κ1) is 15.7. The summed E-state index contributed by atoms with van der Waals surface area (Å²) in [5, 5.41) is 9.60. The average Bonchev–Trinajstić information content (AvgIpc) is 2.67. The SMILES string of the molecule is Cc1cc(F)cc2c1C=C[N+]2(CCO)CC1CCCCCC1. The predicted molar refractivity (Wildman–Crippen MR) is 90.0 cm³/mol. The number of halogens is 1. The third kappa shape index (κ3) is 2.97. The summed E-state index contributed by atoms with van der Waals surface area (Å²) < 4.78 is 14.6. The summed E-state index contributed by atoms with van der Waals surface area (Å²) in [4.78, 5) is 0. The second kappa shape index (κ2) is 6.51. The van der Waals surface area contributed by atoms with Crippen LogP contribution in [-0.2, 0) is 0 Å². The number of hydrogen-bond acceptors (Lipinski definition) is 1. The molecular weight excluding hydrogens is 277 g/mol. The number of rotatable bonds is 4. The number of quaternary nitrogens is 1. The van der Waals surface area contributed by atoms with Gasteiger partial charge in [-0.2, -0.15) is 0 Å². The molecule has 1 aromatic carbocycles. The zero-order valence-corrected chi connectivity index (χ0v) is 13.5. The third-order valence-electron chi connectivity index (χ3n) is 5.39. The van der Waals surface area contributed by atoms with Crippen LogP contribution in [0.15, 0.2) is 18.3 Å². The topological polar surface area (TPSA) is 20.2 Å². The molecule has 22 heavy (non-hydrogen) atoms. The molecule has 2 nitrogen and oxygen atoms in total. The summed E-state index contributed by atoms with van der Waals surface area (Å²) in [5.74, 6) is 0.509. The molecule has 3 rings (SSSR count). The van der Waals surface area contributed by atoms with Crippen LogP contribution < -0.4 is 4.48 Å². The van der Waals surface area contributed by atoms with E-state index in [1.807, 2.05) is 6.92 Å². The van der Waals surface area contributed by atoms with Crippen molar-refractivity contribution in [2.24, 2.45) is 5.92 Å². The molecule has 120 valence electrons. The van der Waals surface area contributed by atoms with Crippen LogP contribution >= 0.6 is 0 Å². The highest BCUT2D eigenvalue weighted by atomic mass is 19.1. The van der Waals surface area contributed by atoms with Gasteiger partial charge >= 0.3 is 0 Å². The molecule has 1 fully saturated rings. The quantitative estimate of drug-likeness (QED) is 0.646. The standard InChI is InChI=1S/C19H27FNO/c1-15-12-17(20)13-19-18(15)8-9-21(19,10-11-22)14-16-6-4-2-3-5-7-16/h8-9,12-13,16,22H,2-7,10-11,14H2,1H3/q+1. The molecule has 0 saturated heterocycles. The Balaban J connectivity index is 1.92. The maximum atomic E-state index is 13.9. The van der Waals surface area contributed by atoms with E-state index in [2.05, 4.69) is 12.3 Å². The van der Waals surface area contributed by atoms with Gasteiger partial charge in [-0.15, -0.1) is 0 Å². The minimum atomic E-state index is -0.166. The molecule has 1 aliphatic heterocycles. The molecule has 1 aromatic rings. The van der Waals surface area contributed by atoms with Gasteiger partial charge < -0.3 is 5.11 Å². The van der Waals surface area contributed by atoms with Crippen molar-refractivity contribution in [1.82, 2.24) is 4.48 Å². The van der Waals surface area contributed by atoms with E-state index in [0.29, 0.717) is 16.9 Å². The average molecular weight is 304 g/mol. The Morgan fingerprint density at radius 3 is 2.59 bits per heavy atom. The Morgan fingerprint density at radius 2 is 1.91 bits per heavy atom. The Bertz CT molecular complexity index is 561. The number of aryl methyl sites for hydroxylation is 1. The monoisotopic (exact) mass is 304 g/mol. The van der Waals surface area contributed by atoms with Crippen LogP contribution in [-0.4, -0.2) is 24.8 Å². The lowest BCUT2D eigenvalue weighted by molar-refractivity contribution is 0.215. The molecule has 1 heterocycles. The highest BCUT2D eigenvalue weighted by Crippen LogP contribution is 2.40. The number of hydrogen-bond donors (Lipinski definition) is 1. The third-order valence-corrected chi connectivity index (χ3v) is 5.39. The molecule has 1 saturated carbocycles. The lowest BCUT2D eigenvalue weighted by Gasteiger charge is -2.35. The van der Waals surface area contributed by atoms with E-state index in [9.17, 15) is 9.50 Å². The van der Waals surface area contributed by atoms with Gasteiger partial charge in [-0.25, -0.2) is 4.39 Å². The van der Waals surface area contributed by atoms with Gasteiger partial charge in [-0.3, -0.25) is 4.48 Å². The molecule has 0 bridgehead atoms. The van der Waals surface area contributed by atoms with Crippen LogP contribution in [0.5, 0.6) is 0 Å². The van der Waals surface area contributed by atoms with E-state index in [-0.39, 0.29) is 12.4 Å². The van der Waals surface area contributed by atoms with E-state index < -0.39 is 0 Å². The van der Waals surface area contributed by atoms with Crippen molar-refractivity contribution >= 4 is 11.8 Å². The lowest BCUT2D eigenvalue weighted by Crippen LogP contribution is -2.48. The van der Waals surface area contributed by atoms with E-state index in [4.69, 9.17) is 0 Å². The molecule has 0 aromatic heterocycles. The summed E-state index contributed by atoms with van der Waals surface area (Å²) in [6.45, 7) is 3.73. The number of aliphatic hydroxyl groups is 1. The van der Waals surface area contributed by atoms with Gasteiger partial charge in [0.25, 0.3) is 0 Å². The van der Waals surface area contributed by atoms with Crippen molar-refractivity contribution in [2.45, 2.75) is 45.4 Å². The molecule has 1 aliphatic carbocycles. The van der Waals surface area contributed by atoms with Gasteiger partial charge in [0, 0.05) is 23.6 Å². The van der Waals surface area contributed by atoms with E-state index in [0.717, 1.165) is 23.4 Å². The minimum Gasteiger partial charge on any atom is -0.390 e. The molecular formula is C19H27FNO+. The maximum absolute atomic E-state index is 13.9. The first-order valence-corrected chi connectivity index (χ1v) is 8.62. The van der Waals surface area contributed by atoms with Gasteiger partial charge in [0.05, 0.1) is 13.2 Å². The van der Waals surface area contributed by atoms with Gasteiger partial charge in [-0.05, 0) is 31.4 Å². The second-order valence-electron chi connectivity index (χ2n) is 6.99. The molecule has 1 unspecified atom stereocenters. The van der Waals surface area contributed by atoms with Crippen molar-refractivity contribution < 1.29 is 9.50 Å². The maximum Gasteiger partial charge on any atom is 0.148 e. The fraction of sp³-hybridized carbons (Fsp3) is 0.579. The molecule has 3 heteroatoms. The van der Waals surface area contributed by atoms with Crippen molar-refractivity contribution in [1.29, 1.82) is 0 Å². The second-order valence-corrected chi connectivity index (χ2v) is 6.99. The zero-order chi connectivity index (χ0) is 15.6. The summed E-state index contributed by atoms with van der Waals surface area (Å²) in [7, 11) is 0. The normalized spacial score (nSPS) is 25.2. The van der Waals surface area contributed by atoms with Crippen LogP contribution in [0, 0.1) is 18.7 Å². The molecule has 1 atom stereocenters. The largest absolute Gasteiger partial charge is 0.390 e. The molecule has 1 N–H and O–H groups in total. The van der Waals surface area contributed by atoms with Crippen LogP contribution in [0.2, 0.25) is 0 Å². The molecule has 0 radical (unpaired) electrons. The first-order chi connectivity index (χ1) is 10.6. The van der Waals surface area contributed by atoms with Gasteiger partial charge in [0.15, 0.2) is 0 Å². The van der Waals surface area contributed by atoms with Crippen molar-refractivity contribution in [3.63, 3.8) is 0 Å². The van der Waals surface area contributed by atoms with Gasteiger partial charge in [0.1, 0.15) is 24.2 Å². The number of aliphatic hydroxyl groups excluding tert-OH is 1. The fourth-order valence-corrected chi connectivity index (χ4v) is 4.25. The Kier molecular flexibility index (Phi) is 4.65. The van der Waals surface area contributed by atoms with Crippen LogP contribution in [0.3, 0.4) is 0 Å². The van der Waals surface area contributed by atoms with Gasteiger partial charge in [0.2, 0.25) is 0 Å². The Hall–Kier alpha value is -1.19. The molecule has 2 aliphatic rings. The summed E-state index contributed by atoms with van der Waals surface area (Å²) in [6, 6.07) is 3.28. The van der Waals surface area contributed by atoms with E-state index >= 15 is 0 Å². The number of fused-ring (bicyclic) bond motifs is 1. The zero-order valence-electron chi connectivity index (χ0n) is 13.5. The molecule has 0 spiro atoms. The first-order valence-electron chi connectivity index (χ1n) is 8.62. The summed E-state index contributed by atoms with van der Waals surface area (Å²) >= 11 is 0. The summed E-state index contributed by atoms with van der Waals surface area (Å²) in [6.07, 6.45) is 12.1. The van der Waals surface area contributed by atoms with Crippen molar-refractivity contribution in [3.8, 4) is 0 Å². The van der Waals surface area contributed by atoms with Crippen molar-refractivity contribution in [3.05, 3.63) is 35.3 Å². The van der Waals surface area contributed by atoms with Gasteiger partial charge in [-0.1, -0.05) is 25.7 Å². The summed E-state index contributed by atoms with van der Waals surface area (Å²) in [5.41, 5.74) is 3.17. The number of nitrogens with zero attached hydrogens (tertiary/aromatic N) is 1. The number of benzene rings is 1. The minimum absolute atomic E-state index is 0.131.